The molecule has 3 aliphatic rings. The molecule has 3 fully saturated rings. The van der Waals surface area contributed by atoms with Gasteiger partial charge in [0.2, 0.25) is 11.0 Å². The van der Waals surface area contributed by atoms with Crippen LogP contribution in [0.15, 0.2) is 12.7 Å². The van der Waals surface area contributed by atoms with Crippen LogP contribution in [0.1, 0.15) is 24.3 Å². The van der Waals surface area contributed by atoms with Crippen molar-refractivity contribution in [1.29, 1.82) is 0 Å². The number of nitrogens with zero attached hydrogens (tertiary/aromatic N) is 6. The van der Waals surface area contributed by atoms with Crippen molar-refractivity contribution in [1.82, 2.24) is 30.3 Å². The summed E-state index contributed by atoms with van der Waals surface area (Å²) in [7, 11) is 0. The molecule has 2 aromatic heterocycles. The smallest absolute Gasteiger partial charge is 0.221 e. The van der Waals surface area contributed by atoms with Crippen LogP contribution in [0.2, 0.25) is 0 Å². The Balaban J connectivity index is 1.20. The number of nitrogens with one attached hydrogen (secondary N) is 1. The minimum Gasteiger partial charge on any atom is -0.369 e. The molecule has 5 heterocycles. The Morgan fingerprint density at radius 1 is 1.41 bits per heavy atom. The van der Waals surface area contributed by atoms with Crippen molar-refractivity contribution in [2.75, 3.05) is 24.5 Å². The van der Waals surface area contributed by atoms with Crippen LogP contribution in [0, 0.1) is 18.8 Å². The van der Waals surface area contributed by atoms with Crippen LogP contribution in [0.5, 0.6) is 0 Å². The summed E-state index contributed by atoms with van der Waals surface area (Å²) in [6.07, 6.45) is 6.15. The summed E-state index contributed by atoms with van der Waals surface area (Å²) in [5, 5.41) is 21.1. The van der Waals surface area contributed by atoms with E-state index >= 15 is 0 Å². The molecule has 1 spiro atoms. The fourth-order valence-corrected chi connectivity index (χ4v) is 5.61. The van der Waals surface area contributed by atoms with Gasteiger partial charge >= 0.3 is 0 Å². The van der Waals surface area contributed by atoms with Crippen molar-refractivity contribution in [3.05, 3.63) is 17.7 Å². The second-order valence-electron chi connectivity index (χ2n) is 7.77. The predicted molar refractivity (Wildman–Crippen MR) is 98.3 cm³/mol. The number of anilines is 1. The first-order chi connectivity index (χ1) is 13.1. The first-order valence-corrected chi connectivity index (χ1v) is 10.3. The minimum absolute atomic E-state index is 0.0649. The molecule has 2 aromatic rings. The normalized spacial score (nSPS) is 31.4. The van der Waals surface area contributed by atoms with Gasteiger partial charge in [-0.05, 0) is 19.8 Å². The van der Waals surface area contributed by atoms with E-state index in [9.17, 15) is 4.79 Å². The summed E-state index contributed by atoms with van der Waals surface area (Å²) < 4.78 is 8.26. The van der Waals surface area contributed by atoms with Crippen molar-refractivity contribution in [3.8, 4) is 0 Å². The first kappa shape index (κ1) is 17.1. The maximum absolute atomic E-state index is 12.2. The number of ether oxygens (including phenoxy) is 1. The molecule has 3 saturated heterocycles. The molecule has 9 nitrogen and oxygen atoms in total. The Hall–Kier alpha value is -2.07. The zero-order chi connectivity index (χ0) is 18.4. The van der Waals surface area contributed by atoms with Gasteiger partial charge in [-0.3, -0.25) is 4.79 Å². The SMILES string of the molecule is Cc1nnc(N2C[C@@H]3[C@H](CNC(=O)CCn4cnnc4)[C@H]4CC[C@]3(C2)O4)s1. The molecule has 0 radical (unpaired) electrons. The Morgan fingerprint density at radius 3 is 3.04 bits per heavy atom. The fraction of sp³-hybridized carbons (Fsp3) is 0.706. The lowest BCUT2D eigenvalue weighted by molar-refractivity contribution is -0.121. The van der Waals surface area contributed by atoms with E-state index in [1.807, 2.05) is 11.5 Å². The molecule has 0 unspecified atom stereocenters. The number of aryl methyl sites for hydroxylation is 2. The Bertz CT molecular complexity index is 825. The minimum atomic E-state index is -0.0673. The summed E-state index contributed by atoms with van der Waals surface area (Å²) in [5.41, 5.74) is -0.0673. The van der Waals surface area contributed by atoms with Crippen LogP contribution in [0.3, 0.4) is 0 Å². The zero-order valence-corrected chi connectivity index (χ0v) is 16.1. The van der Waals surface area contributed by atoms with E-state index in [-0.39, 0.29) is 17.6 Å². The van der Waals surface area contributed by atoms with Gasteiger partial charge < -0.3 is 19.5 Å². The van der Waals surface area contributed by atoms with E-state index in [1.54, 1.807) is 24.0 Å². The number of amides is 1. The zero-order valence-electron chi connectivity index (χ0n) is 15.2. The molecule has 5 rings (SSSR count). The van der Waals surface area contributed by atoms with Crippen LogP contribution in [0.4, 0.5) is 5.13 Å². The van der Waals surface area contributed by atoms with Gasteiger partial charge in [-0.15, -0.1) is 20.4 Å². The lowest BCUT2D eigenvalue weighted by Crippen LogP contribution is -2.42. The summed E-state index contributed by atoms with van der Waals surface area (Å²) >= 11 is 1.64. The monoisotopic (exact) mass is 389 g/mol. The summed E-state index contributed by atoms with van der Waals surface area (Å²) in [5.74, 6) is 0.880. The van der Waals surface area contributed by atoms with Crippen molar-refractivity contribution in [3.63, 3.8) is 0 Å². The maximum Gasteiger partial charge on any atom is 0.221 e. The average Bonchev–Trinajstić information content (AvgIpc) is 3.43. The Kier molecular flexibility index (Phi) is 4.12. The number of carbonyl (C=O) groups is 1. The molecule has 144 valence electrons. The lowest BCUT2D eigenvalue weighted by Gasteiger charge is -2.29. The largest absolute Gasteiger partial charge is 0.369 e. The standard InChI is InChI=1S/C17H23N7O2S/c1-11-21-22-16(27-11)24-7-13-12(14-2-4-17(13,8-24)26-14)6-18-15(25)3-5-23-9-19-20-10-23/h9-10,12-14H,2-8H2,1H3,(H,18,25)/t12-,13+,14+,17+/m0/s1. The van der Waals surface area contributed by atoms with Gasteiger partial charge in [-0.1, -0.05) is 11.3 Å². The second kappa shape index (κ2) is 6.52. The Morgan fingerprint density at radius 2 is 2.26 bits per heavy atom. The number of rotatable bonds is 6. The van der Waals surface area contributed by atoms with Gasteiger partial charge in [0.05, 0.1) is 11.7 Å². The summed E-state index contributed by atoms with van der Waals surface area (Å²) in [6, 6.07) is 0. The molecule has 1 N–H and O–H groups in total. The third-order valence-corrected chi connectivity index (χ3v) is 7.07. The third kappa shape index (κ3) is 3.00. The van der Waals surface area contributed by atoms with Crippen LogP contribution in [-0.2, 0) is 16.1 Å². The molecule has 0 aliphatic carbocycles. The van der Waals surface area contributed by atoms with Crippen molar-refractivity contribution < 1.29 is 9.53 Å². The van der Waals surface area contributed by atoms with Crippen LogP contribution < -0.4 is 10.2 Å². The van der Waals surface area contributed by atoms with Gasteiger partial charge in [-0.2, -0.15) is 0 Å². The number of hydrogen-bond acceptors (Lipinski definition) is 8. The topological polar surface area (TPSA) is 98.1 Å². The molecule has 2 bridgehead atoms. The number of carbonyl (C=O) groups excluding carboxylic acids is 1. The molecule has 0 aromatic carbocycles. The van der Waals surface area contributed by atoms with E-state index in [4.69, 9.17) is 4.74 Å². The van der Waals surface area contributed by atoms with Crippen molar-refractivity contribution >= 4 is 22.4 Å². The Labute approximate surface area is 161 Å². The first-order valence-electron chi connectivity index (χ1n) is 9.45. The molecule has 10 heteroatoms. The molecule has 3 aliphatic heterocycles. The third-order valence-electron chi connectivity index (χ3n) is 6.17. The van der Waals surface area contributed by atoms with Crippen LogP contribution in [-0.4, -0.2) is 62.2 Å². The lowest BCUT2D eigenvalue weighted by atomic mass is 9.73. The summed E-state index contributed by atoms with van der Waals surface area (Å²) in [6.45, 7) is 5.09. The quantitative estimate of drug-likeness (QED) is 0.774. The van der Waals surface area contributed by atoms with Crippen molar-refractivity contribution in [2.24, 2.45) is 11.8 Å². The van der Waals surface area contributed by atoms with Crippen LogP contribution >= 0.6 is 11.3 Å². The van der Waals surface area contributed by atoms with E-state index in [0.29, 0.717) is 31.3 Å². The maximum atomic E-state index is 12.2. The highest BCUT2D eigenvalue weighted by Crippen LogP contribution is 2.55. The summed E-state index contributed by atoms with van der Waals surface area (Å²) in [4.78, 5) is 14.6. The van der Waals surface area contributed by atoms with Gasteiger partial charge in [0.15, 0.2) is 0 Å². The predicted octanol–water partition coefficient (Wildman–Crippen LogP) is 0.628. The highest BCUT2D eigenvalue weighted by atomic mass is 32.1. The number of aromatic nitrogens is 5. The van der Waals surface area contributed by atoms with Gasteiger partial charge in [-0.25, -0.2) is 0 Å². The highest BCUT2D eigenvalue weighted by molar-refractivity contribution is 7.15. The molecule has 0 saturated carbocycles. The van der Waals surface area contributed by atoms with Gasteiger partial charge in [0.25, 0.3) is 0 Å². The highest BCUT2D eigenvalue weighted by Gasteiger charge is 2.63. The average molecular weight is 389 g/mol. The van der Waals surface area contributed by atoms with Crippen molar-refractivity contribution in [2.45, 2.75) is 44.4 Å². The molecule has 4 atom stereocenters. The molecule has 1 amide bonds. The van der Waals surface area contributed by atoms with E-state index in [2.05, 4.69) is 30.6 Å². The second-order valence-corrected chi connectivity index (χ2v) is 8.93. The van der Waals surface area contributed by atoms with E-state index in [0.717, 1.165) is 36.1 Å². The molecular weight excluding hydrogens is 366 g/mol. The van der Waals surface area contributed by atoms with E-state index in [1.165, 1.54) is 0 Å². The molecule has 27 heavy (non-hydrogen) atoms. The number of fused-ring (bicyclic) bond motifs is 1. The number of hydrogen-bond donors (Lipinski definition) is 1. The van der Waals surface area contributed by atoms with Crippen LogP contribution in [0.25, 0.3) is 0 Å². The molecular formula is C17H23N7O2S. The van der Waals surface area contributed by atoms with E-state index < -0.39 is 0 Å². The van der Waals surface area contributed by atoms with Gasteiger partial charge in [0.1, 0.15) is 17.7 Å². The fourth-order valence-electron chi connectivity index (χ4n) is 4.91. The van der Waals surface area contributed by atoms with Gasteiger partial charge in [0, 0.05) is 44.4 Å².